The molecule has 3 rings (SSSR count). The fourth-order valence-corrected chi connectivity index (χ4v) is 2.26. The Kier molecular flexibility index (Phi) is 4.71. The van der Waals surface area contributed by atoms with E-state index in [1.54, 1.807) is 18.2 Å². The monoisotopic (exact) mass is 343 g/mol. The molecular weight excluding hydrogens is 329 g/mol. The van der Waals surface area contributed by atoms with Crippen molar-refractivity contribution < 1.29 is 23.9 Å². The van der Waals surface area contributed by atoms with Crippen LogP contribution in [0.1, 0.15) is 5.56 Å². The number of ether oxygens (including phenoxy) is 2. The quantitative estimate of drug-likeness (QED) is 0.546. The normalized spacial score (nSPS) is 10.5. The fourth-order valence-electron chi connectivity index (χ4n) is 2.26. The van der Waals surface area contributed by atoms with Gasteiger partial charge in [0.25, 0.3) is 0 Å². The van der Waals surface area contributed by atoms with Crippen LogP contribution < -0.4 is 15.0 Å². The topological polar surface area (TPSA) is 93.6 Å². The van der Waals surface area contributed by atoms with Crippen molar-refractivity contribution in [1.82, 2.24) is 15.4 Å². The molecule has 0 saturated heterocycles. The third kappa shape index (κ3) is 3.64. The zero-order valence-electron chi connectivity index (χ0n) is 13.2. The predicted molar refractivity (Wildman–Crippen MR) is 86.2 cm³/mol. The van der Waals surface area contributed by atoms with Crippen molar-refractivity contribution in [3.63, 3.8) is 0 Å². The van der Waals surface area contributed by atoms with Gasteiger partial charge < -0.3 is 9.47 Å². The van der Waals surface area contributed by atoms with Gasteiger partial charge in [0.15, 0.2) is 5.65 Å². The van der Waals surface area contributed by atoms with Crippen molar-refractivity contribution in [2.45, 2.75) is 6.42 Å². The fraction of sp³-hybridized carbons (Fsp3) is 0.118. The number of carbonyl (C=O) groups is 1. The van der Waals surface area contributed by atoms with Gasteiger partial charge in [-0.05, 0) is 23.8 Å². The molecule has 0 radical (unpaired) electrons. The number of amides is 1. The molecule has 0 atom stereocenters. The number of carbonyl (C=O) groups excluding carboxylic acids is 1. The Morgan fingerprint density at radius 2 is 2.12 bits per heavy atom. The molecule has 2 heterocycles. The van der Waals surface area contributed by atoms with Crippen molar-refractivity contribution in [2.24, 2.45) is 0 Å². The number of rotatable bonds is 5. The van der Waals surface area contributed by atoms with Crippen LogP contribution in [0, 0.1) is 5.82 Å². The summed E-state index contributed by atoms with van der Waals surface area (Å²) in [4.78, 5) is 19.5. The second-order valence-electron chi connectivity index (χ2n) is 5.10. The van der Waals surface area contributed by atoms with Crippen LogP contribution in [0.2, 0.25) is 0 Å². The third-order valence-electron chi connectivity index (χ3n) is 3.47. The summed E-state index contributed by atoms with van der Waals surface area (Å²) in [5, 5.41) is 9.15. The number of hydrogen-bond acceptors (Lipinski definition) is 6. The standard InChI is InChI=1S/C17H14FN3O4/c1-24-16-5-4-12-14(6-7-19-17(12)20-16)25-11-3-2-10(13(18)9-11)8-15(22)21-23/h2-7,9,23H,8H2,1H3,(H,21,22). The van der Waals surface area contributed by atoms with E-state index < -0.39 is 11.7 Å². The molecule has 3 aromatic rings. The number of fused-ring (bicyclic) bond motifs is 1. The van der Waals surface area contributed by atoms with E-state index in [-0.39, 0.29) is 17.7 Å². The minimum Gasteiger partial charge on any atom is -0.481 e. The molecule has 0 bridgehead atoms. The van der Waals surface area contributed by atoms with Gasteiger partial charge in [-0.25, -0.2) is 14.9 Å². The number of aromatic nitrogens is 2. The van der Waals surface area contributed by atoms with E-state index in [4.69, 9.17) is 14.7 Å². The maximum absolute atomic E-state index is 14.1. The van der Waals surface area contributed by atoms with Gasteiger partial charge in [0, 0.05) is 18.3 Å². The molecule has 128 valence electrons. The first kappa shape index (κ1) is 16.6. The molecule has 0 unspecified atom stereocenters. The molecule has 0 aliphatic carbocycles. The second-order valence-corrected chi connectivity index (χ2v) is 5.10. The number of hydrogen-bond donors (Lipinski definition) is 2. The van der Waals surface area contributed by atoms with Crippen molar-refractivity contribution in [3.05, 3.63) is 54.0 Å². The van der Waals surface area contributed by atoms with Crippen LogP contribution in [-0.2, 0) is 11.2 Å². The molecule has 0 spiro atoms. The molecule has 2 N–H and O–H groups in total. The zero-order valence-corrected chi connectivity index (χ0v) is 13.2. The summed E-state index contributed by atoms with van der Waals surface area (Å²) in [7, 11) is 1.51. The first-order chi connectivity index (χ1) is 12.1. The zero-order chi connectivity index (χ0) is 17.8. The molecule has 1 amide bonds. The smallest absolute Gasteiger partial charge is 0.247 e. The Morgan fingerprint density at radius 1 is 1.28 bits per heavy atom. The number of halogens is 1. The summed E-state index contributed by atoms with van der Waals surface area (Å²) < 4.78 is 24.9. The minimum atomic E-state index is -0.701. The van der Waals surface area contributed by atoms with E-state index in [1.165, 1.54) is 37.0 Å². The summed E-state index contributed by atoms with van der Waals surface area (Å²) in [6.07, 6.45) is 1.25. The van der Waals surface area contributed by atoms with E-state index in [2.05, 4.69) is 9.97 Å². The summed E-state index contributed by atoms with van der Waals surface area (Å²) in [6, 6.07) is 9.19. The largest absolute Gasteiger partial charge is 0.481 e. The number of nitrogens with one attached hydrogen (secondary N) is 1. The van der Waals surface area contributed by atoms with Crippen LogP contribution in [0.25, 0.3) is 11.0 Å². The molecule has 2 aromatic heterocycles. The Labute approximate surface area is 142 Å². The van der Waals surface area contributed by atoms with E-state index in [9.17, 15) is 9.18 Å². The van der Waals surface area contributed by atoms with Crippen molar-refractivity contribution in [2.75, 3.05) is 7.11 Å². The maximum Gasteiger partial charge on any atom is 0.247 e. The lowest BCUT2D eigenvalue weighted by atomic mass is 10.1. The first-order valence-electron chi connectivity index (χ1n) is 7.29. The average Bonchev–Trinajstić information content (AvgIpc) is 2.63. The molecule has 0 aliphatic rings. The molecule has 0 fully saturated rings. The highest BCUT2D eigenvalue weighted by atomic mass is 19.1. The molecule has 25 heavy (non-hydrogen) atoms. The summed E-state index contributed by atoms with van der Waals surface area (Å²) in [5.41, 5.74) is 2.05. The van der Waals surface area contributed by atoms with Gasteiger partial charge in [0.2, 0.25) is 11.8 Å². The van der Waals surface area contributed by atoms with Crippen LogP contribution in [0.5, 0.6) is 17.4 Å². The highest BCUT2D eigenvalue weighted by Gasteiger charge is 2.11. The Morgan fingerprint density at radius 3 is 2.84 bits per heavy atom. The number of methoxy groups -OCH3 is 1. The van der Waals surface area contributed by atoms with Crippen LogP contribution >= 0.6 is 0 Å². The lowest BCUT2D eigenvalue weighted by molar-refractivity contribution is -0.128. The third-order valence-corrected chi connectivity index (χ3v) is 3.47. The average molecular weight is 343 g/mol. The van der Waals surface area contributed by atoms with Gasteiger partial charge in [-0.2, -0.15) is 4.98 Å². The van der Waals surface area contributed by atoms with Gasteiger partial charge in [-0.3, -0.25) is 10.0 Å². The van der Waals surface area contributed by atoms with Gasteiger partial charge in [0.1, 0.15) is 17.3 Å². The van der Waals surface area contributed by atoms with Crippen LogP contribution in [0.3, 0.4) is 0 Å². The Hall–Kier alpha value is -3.26. The molecule has 8 heteroatoms. The minimum absolute atomic E-state index is 0.143. The molecule has 0 saturated carbocycles. The SMILES string of the molecule is COc1ccc2c(Oc3ccc(CC(=O)NO)c(F)c3)ccnc2n1. The second kappa shape index (κ2) is 7.10. The first-order valence-corrected chi connectivity index (χ1v) is 7.29. The van der Waals surface area contributed by atoms with Crippen LogP contribution in [-0.4, -0.2) is 28.2 Å². The van der Waals surface area contributed by atoms with Crippen LogP contribution in [0.4, 0.5) is 4.39 Å². The predicted octanol–water partition coefficient (Wildman–Crippen LogP) is 2.62. The maximum atomic E-state index is 14.1. The number of pyridine rings is 2. The Balaban J connectivity index is 1.88. The molecule has 0 aliphatic heterocycles. The van der Waals surface area contributed by atoms with Gasteiger partial charge in [-0.1, -0.05) is 6.07 Å². The molecule has 1 aromatic carbocycles. The summed E-state index contributed by atoms with van der Waals surface area (Å²) in [6.45, 7) is 0. The van der Waals surface area contributed by atoms with Crippen molar-refractivity contribution in [1.29, 1.82) is 0 Å². The number of hydroxylamine groups is 1. The van der Waals surface area contributed by atoms with Crippen molar-refractivity contribution in [3.8, 4) is 17.4 Å². The molecule has 7 nitrogen and oxygen atoms in total. The van der Waals surface area contributed by atoms with E-state index in [1.807, 2.05) is 0 Å². The number of nitrogens with zero attached hydrogens (tertiary/aromatic N) is 2. The Bertz CT molecular complexity index is 933. The van der Waals surface area contributed by atoms with Crippen molar-refractivity contribution >= 4 is 16.9 Å². The summed E-state index contributed by atoms with van der Waals surface area (Å²) >= 11 is 0. The van der Waals surface area contributed by atoms with E-state index in [0.717, 1.165) is 0 Å². The highest BCUT2D eigenvalue weighted by Crippen LogP contribution is 2.30. The lowest BCUT2D eigenvalue weighted by Crippen LogP contribution is -2.21. The van der Waals surface area contributed by atoms with E-state index >= 15 is 0 Å². The van der Waals surface area contributed by atoms with Gasteiger partial charge >= 0.3 is 0 Å². The van der Waals surface area contributed by atoms with Gasteiger partial charge in [0.05, 0.1) is 18.9 Å². The summed E-state index contributed by atoms with van der Waals surface area (Å²) in [5.74, 6) is -0.170. The van der Waals surface area contributed by atoms with Gasteiger partial charge in [-0.15, -0.1) is 0 Å². The van der Waals surface area contributed by atoms with Crippen LogP contribution in [0.15, 0.2) is 42.6 Å². The highest BCUT2D eigenvalue weighted by molar-refractivity contribution is 5.82. The molecular formula is C17H14FN3O4. The van der Waals surface area contributed by atoms with E-state index in [0.29, 0.717) is 22.7 Å². The lowest BCUT2D eigenvalue weighted by Gasteiger charge is -2.10. The number of benzene rings is 1.